The molecule has 1 aromatic carbocycles. The molecule has 0 radical (unpaired) electrons. The van der Waals surface area contributed by atoms with Crippen molar-refractivity contribution in [3.05, 3.63) is 23.8 Å². The van der Waals surface area contributed by atoms with Crippen LogP contribution in [0.1, 0.15) is 19.4 Å². The first-order valence-corrected chi connectivity index (χ1v) is 4.34. The van der Waals surface area contributed by atoms with E-state index in [1.165, 1.54) is 6.07 Å². The molecule has 4 heteroatoms. The quantitative estimate of drug-likeness (QED) is 0.503. The topological polar surface area (TPSA) is 79.3 Å². The Labute approximate surface area is 82.8 Å². The minimum absolute atomic E-state index is 0.0318. The molecule has 0 saturated heterocycles. The highest BCUT2D eigenvalue weighted by Crippen LogP contribution is 2.23. The molecular weight excluding hydrogens is 180 g/mol. The highest BCUT2D eigenvalue weighted by Gasteiger charge is 2.06. The molecule has 0 spiro atoms. The largest absolute Gasteiger partial charge is 0.507 e. The molecule has 0 aliphatic heterocycles. The maximum atomic E-state index is 9.47. The summed E-state index contributed by atoms with van der Waals surface area (Å²) in [5, 5.41) is 16.6. The Morgan fingerprint density at radius 2 is 2.14 bits per heavy atom. The van der Waals surface area contributed by atoms with Crippen molar-refractivity contribution in [2.45, 2.75) is 20.0 Å². The van der Waals surface area contributed by atoms with Gasteiger partial charge in [-0.2, -0.15) is 0 Å². The highest BCUT2D eigenvalue weighted by molar-refractivity contribution is 5.97. The Hall–Kier alpha value is -1.71. The Morgan fingerprint density at radius 3 is 2.57 bits per heavy atom. The van der Waals surface area contributed by atoms with Crippen molar-refractivity contribution in [3.8, 4) is 11.5 Å². The SMILES string of the molecule is CC(C)Oc1ccc(C(=N)N)c(O)c1. The zero-order chi connectivity index (χ0) is 10.7. The van der Waals surface area contributed by atoms with Gasteiger partial charge in [-0.3, -0.25) is 5.41 Å². The minimum atomic E-state index is -0.154. The van der Waals surface area contributed by atoms with E-state index in [2.05, 4.69) is 0 Å². The fourth-order valence-corrected chi connectivity index (χ4v) is 1.08. The van der Waals surface area contributed by atoms with Gasteiger partial charge in [0.15, 0.2) is 0 Å². The molecule has 1 aromatic rings. The molecule has 0 unspecified atom stereocenters. The smallest absolute Gasteiger partial charge is 0.130 e. The Bertz CT molecular complexity index is 348. The standard InChI is InChI=1S/C10H14N2O2/c1-6(2)14-7-3-4-8(10(11)12)9(13)5-7/h3-6,13H,1-2H3,(H3,11,12). The molecule has 76 valence electrons. The van der Waals surface area contributed by atoms with Crippen LogP contribution in [-0.4, -0.2) is 17.0 Å². The van der Waals surface area contributed by atoms with Crippen LogP contribution >= 0.6 is 0 Å². The van der Waals surface area contributed by atoms with E-state index in [1.54, 1.807) is 12.1 Å². The first-order chi connectivity index (χ1) is 6.50. The fourth-order valence-electron chi connectivity index (χ4n) is 1.08. The lowest BCUT2D eigenvalue weighted by atomic mass is 10.2. The van der Waals surface area contributed by atoms with Crippen LogP contribution in [0.25, 0.3) is 0 Å². The summed E-state index contributed by atoms with van der Waals surface area (Å²) in [6.07, 6.45) is 0.0533. The highest BCUT2D eigenvalue weighted by atomic mass is 16.5. The van der Waals surface area contributed by atoms with Crippen LogP contribution in [0.3, 0.4) is 0 Å². The maximum Gasteiger partial charge on any atom is 0.130 e. The van der Waals surface area contributed by atoms with Gasteiger partial charge in [0.25, 0.3) is 0 Å². The van der Waals surface area contributed by atoms with E-state index in [1.807, 2.05) is 13.8 Å². The first-order valence-electron chi connectivity index (χ1n) is 4.34. The van der Waals surface area contributed by atoms with Gasteiger partial charge in [0.2, 0.25) is 0 Å². The fraction of sp³-hybridized carbons (Fsp3) is 0.300. The molecule has 0 aromatic heterocycles. The van der Waals surface area contributed by atoms with Crippen molar-refractivity contribution >= 4 is 5.84 Å². The molecule has 0 bridgehead atoms. The second-order valence-corrected chi connectivity index (χ2v) is 3.26. The first kappa shape index (κ1) is 10.4. The van der Waals surface area contributed by atoms with Crippen LogP contribution in [0.2, 0.25) is 0 Å². The summed E-state index contributed by atoms with van der Waals surface area (Å²) >= 11 is 0. The number of aromatic hydroxyl groups is 1. The number of nitrogens with one attached hydrogen (secondary N) is 1. The predicted octanol–water partition coefficient (Wildman–Crippen LogP) is 1.46. The van der Waals surface area contributed by atoms with Gasteiger partial charge in [0, 0.05) is 6.07 Å². The number of phenols is 1. The minimum Gasteiger partial charge on any atom is -0.507 e. The number of hydrogen-bond donors (Lipinski definition) is 3. The third-order valence-electron chi connectivity index (χ3n) is 1.63. The van der Waals surface area contributed by atoms with Gasteiger partial charge < -0.3 is 15.6 Å². The number of nitrogen functional groups attached to an aromatic ring is 1. The van der Waals surface area contributed by atoms with Gasteiger partial charge in [-0.25, -0.2) is 0 Å². The number of amidine groups is 1. The Morgan fingerprint density at radius 1 is 1.50 bits per heavy atom. The average molecular weight is 194 g/mol. The Kier molecular flexibility index (Phi) is 2.96. The molecule has 0 fully saturated rings. The zero-order valence-corrected chi connectivity index (χ0v) is 8.24. The van der Waals surface area contributed by atoms with Crippen LogP contribution in [-0.2, 0) is 0 Å². The van der Waals surface area contributed by atoms with Gasteiger partial charge >= 0.3 is 0 Å². The van der Waals surface area contributed by atoms with E-state index in [-0.39, 0.29) is 17.7 Å². The van der Waals surface area contributed by atoms with Crippen LogP contribution in [0.15, 0.2) is 18.2 Å². The molecule has 4 nitrogen and oxygen atoms in total. The number of benzene rings is 1. The van der Waals surface area contributed by atoms with Crippen LogP contribution in [0.4, 0.5) is 0 Å². The molecule has 1 rings (SSSR count). The van der Waals surface area contributed by atoms with Crippen molar-refractivity contribution in [1.82, 2.24) is 0 Å². The van der Waals surface area contributed by atoms with Crippen LogP contribution in [0, 0.1) is 5.41 Å². The van der Waals surface area contributed by atoms with E-state index in [4.69, 9.17) is 15.9 Å². The van der Waals surface area contributed by atoms with E-state index in [0.717, 1.165) is 0 Å². The third-order valence-corrected chi connectivity index (χ3v) is 1.63. The van der Waals surface area contributed by atoms with Crippen molar-refractivity contribution in [1.29, 1.82) is 5.41 Å². The molecule has 4 N–H and O–H groups in total. The summed E-state index contributed by atoms with van der Waals surface area (Å²) in [7, 11) is 0. The van der Waals surface area contributed by atoms with E-state index >= 15 is 0 Å². The summed E-state index contributed by atoms with van der Waals surface area (Å²) in [4.78, 5) is 0. The monoisotopic (exact) mass is 194 g/mol. The van der Waals surface area contributed by atoms with Gasteiger partial charge in [-0.05, 0) is 26.0 Å². The van der Waals surface area contributed by atoms with Crippen LogP contribution in [0.5, 0.6) is 11.5 Å². The lowest BCUT2D eigenvalue weighted by molar-refractivity contribution is 0.241. The van der Waals surface area contributed by atoms with Crippen molar-refractivity contribution in [2.75, 3.05) is 0 Å². The molecule has 0 aliphatic carbocycles. The summed E-state index contributed by atoms with van der Waals surface area (Å²) in [6, 6.07) is 4.70. The predicted molar refractivity (Wildman–Crippen MR) is 54.9 cm³/mol. The van der Waals surface area contributed by atoms with E-state index in [0.29, 0.717) is 11.3 Å². The van der Waals surface area contributed by atoms with E-state index in [9.17, 15) is 5.11 Å². The summed E-state index contributed by atoms with van der Waals surface area (Å²) < 4.78 is 5.36. The van der Waals surface area contributed by atoms with Gasteiger partial charge in [-0.1, -0.05) is 0 Å². The second kappa shape index (κ2) is 4.00. The van der Waals surface area contributed by atoms with Gasteiger partial charge in [-0.15, -0.1) is 0 Å². The molecule has 14 heavy (non-hydrogen) atoms. The summed E-state index contributed by atoms with van der Waals surface area (Å²) in [5.41, 5.74) is 5.57. The molecule has 0 saturated carbocycles. The average Bonchev–Trinajstić information content (AvgIpc) is 2.01. The van der Waals surface area contributed by atoms with Crippen molar-refractivity contribution < 1.29 is 9.84 Å². The molecule has 0 aliphatic rings. The summed E-state index contributed by atoms with van der Waals surface area (Å²) in [6.45, 7) is 3.80. The molecule has 0 heterocycles. The lowest BCUT2D eigenvalue weighted by Gasteiger charge is -2.10. The number of nitrogens with two attached hydrogens (primary N) is 1. The number of rotatable bonds is 3. The third kappa shape index (κ3) is 2.39. The number of hydrogen-bond acceptors (Lipinski definition) is 3. The van der Waals surface area contributed by atoms with E-state index < -0.39 is 0 Å². The number of phenolic OH excluding ortho intramolecular Hbond substituents is 1. The van der Waals surface area contributed by atoms with Crippen molar-refractivity contribution in [3.63, 3.8) is 0 Å². The maximum absolute atomic E-state index is 9.47. The molecule has 0 amide bonds. The molecule has 0 atom stereocenters. The molecular formula is C10H14N2O2. The summed E-state index contributed by atoms with van der Waals surface area (Å²) in [5.74, 6) is 0.386. The Balaban J connectivity index is 2.94. The second-order valence-electron chi connectivity index (χ2n) is 3.26. The lowest BCUT2D eigenvalue weighted by Crippen LogP contribution is -2.11. The van der Waals surface area contributed by atoms with Gasteiger partial charge in [0.05, 0.1) is 11.7 Å². The van der Waals surface area contributed by atoms with Crippen LogP contribution < -0.4 is 10.5 Å². The normalized spacial score (nSPS) is 10.2. The zero-order valence-electron chi connectivity index (χ0n) is 8.24. The van der Waals surface area contributed by atoms with Gasteiger partial charge in [0.1, 0.15) is 17.3 Å². The number of ether oxygens (including phenoxy) is 1. The van der Waals surface area contributed by atoms with Crippen molar-refractivity contribution in [2.24, 2.45) is 5.73 Å².